The van der Waals surface area contributed by atoms with Gasteiger partial charge in [0.2, 0.25) is 11.8 Å². The summed E-state index contributed by atoms with van der Waals surface area (Å²) in [6, 6.07) is 11.2. The van der Waals surface area contributed by atoms with E-state index in [1.165, 1.54) is 17.0 Å². The van der Waals surface area contributed by atoms with Crippen molar-refractivity contribution in [3.05, 3.63) is 70.0 Å². The molecular weight excluding hydrogens is 379 g/mol. The molecule has 0 aromatic heterocycles. The lowest BCUT2D eigenvalue weighted by Gasteiger charge is -2.30. The fourth-order valence-corrected chi connectivity index (χ4v) is 3.14. The highest BCUT2D eigenvalue weighted by atomic mass is 35.5. The Kier molecular flexibility index (Phi) is 7.58. The van der Waals surface area contributed by atoms with Crippen LogP contribution in [0.2, 0.25) is 5.02 Å². The topological polar surface area (TPSA) is 49.4 Å². The van der Waals surface area contributed by atoms with Crippen LogP contribution in [-0.2, 0) is 22.6 Å². The van der Waals surface area contributed by atoms with Gasteiger partial charge in [0.05, 0.1) is 6.42 Å². The zero-order valence-corrected chi connectivity index (χ0v) is 17.4. The van der Waals surface area contributed by atoms with Crippen molar-refractivity contribution in [3.63, 3.8) is 0 Å². The number of nitrogens with zero attached hydrogens (tertiary/aromatic N) is 1. The zero-order valence-electron chi connectivity index (χ0n) is 16.6. The summed E-state index contributed by atoms with van der Waals surface area (Å²) in [6.45, 7) is 7.60. The van der Waals surface area contributed by atoms with Gasteiger partial charge >= 0.3 is 0 Å². The second kappa shape index (κ2) is 9.69. The first-order chi connectivity index (χ1) is 13.2. The third-order valence-corrected chi connectivity index (χ3v) is 4.94. The van der Waals surface area contributed by atoms with Gasteiger partial charge < -0.3 is 10.2 Å². The summed E-state index contributed by atoms with van der Waals surface area (Å²) in [4.78, 5) is 27.1. The van der Waals surface area contributed by atoms with Crippen molar-refractivity contribution in [2.75, 3.05) is 0 Å². The van der Waals surface area contributed by atoms with E-state index in [2.05, 4.69) is 5.32 Å². The number of hydrogen-bond acceptors (Lipinski definition) is 2. The summed E-state index contributed by atoms with van der Waals surface area (Å²) in [5, 5.41) is 3.03. The van der Waals surface area contributed by atoms with E-state index in [0.717, 1.165) is 11.1 Å². The summed E-state index contributed by atoms with van der Waals surface area (Å²) < 4.78 is 14.2. The standard InChI is InChI=1S/C22H26ClFN2O2/c1-14(2)25-22(28)16(4)26(13-17-9-6-5-8-15(17)3)21(27)12-18-19(23)10-7-11-20(18)24/h5-11,14,16H,12-13H2,1-4H3,(H,25,28). The number of carbonyl (C=O) groups is 2. The Morgan fingerprint density at radius 2 is 1.79 bits per heavy atom. The molecule has 0 aliphatic heterocycles. The van der Waals surface area contributed by atoms with Crippen molar-refractivity contribution in [2.45, 2.75) is 52.7 Å². The van der Waals surface area contributed by atoms with Crippen molar-refractivity contribution in [1.29, 1.82) is 0 Å². The molecular formula is C22H26ClFN2O2. The highest BCUT2D eigenvalue weighted by Crippen LogP contribution is 2.22. The quantitative estimate of drug-likeness (QED) is 0.749. The van der Waals surface area contributed by atoms with Crippen molar-refractivity contribution >= 4 is 23.4 Å². The lowest BCUT2D eigenvalue weighted by atomic mass is 10.1. The number of aryl methyl sites for hydroxylation is 1. The van der Waals surface area contributed by atoms with Crippen LogP contribution in [0.1, 0.15) is 37.5 Å². The lowest BCUT2D eigenvalue weighted by Crippen LogP contribution is -2.49. The first kappa shape index (κ1) is 21.9. The van der Waals surface area contributed by atoms with Crippen LogP contribution in [0.4, 0.5) is 4.39 Å². The van der Waals surface area contributed by atoms with Crippen molar-refractivity contribution in [1.82, 2.24) is 10.2 Å². The van der Waals surface area contributed by atoms with E-state index >= 15 is 0 Å². The molecule has 2 rings (SSSR count). The molecule has 0 radical (unpaired) electrons. The molecule has 1 N–H and O–H groups in total. The van der Waals surface area contributed by atoms with Gasteiger partial charge in [-0.25, -0.2) is 4.39 Å². The molecule has 0 aliphatic carbocycles. The third kappa shape index (κ3) is 5.55. The van der Waals surface area contributed by atoms with Gasteiger partial charge in [0, 0.05) is 23.2 Å². The van der Waals surface area contributed by atoms with Gasteiger partial charge in [-0.1, -0.05) is 41.9 Å². The van der Waals surface area contributed by atoms with E-state index < -0.39 is 11.9 Å². The lowest BCUT2D eigenvalue weighted by molar-refractivity contribution is -0.140. The highest BCUT2D eigenvalue weighted by Gasteiger charge is 2.28. The maximum Gasteiger partial charge on any atom is 0.242 e. The van der Waals surface area contributed by atoms with Gasteiger partial charge in [0.1, 0.15) is 11.9 Å². The molecule has 4 nitrogen and oxygen atoms in total. The number of benzene rings is 2. The van der Waals surface area contributed by atoms with Gasteiger partial charge in [-0.2, -0.15) is 0 Å². The summed E-state index contributed by atoms with van der Waals surface area (Å²) in [5.41, 5.74) is 2.08. The normalized spacial score (nSPS) is 12.0. The molecule has 0 aliphatic rings. The second-order valence-electron chi connectivity index (χ2n) is 7.16. The molecule has 2 amide bonds. The summed E-state index contributed by atoms with van der Waals surface area (Å²) in [6.07, 6.45) is -0.212. The smallest absolute Gasteiger partial charge is 0.242 e. The van der Waals surface area contributed by atoms with Crippen LogP contribution >= 0.6 is 11.6 Å². The molecule has 2 aromatic carbocycles. The average molecular weight is 405 g/mol. The maximum atomic E-state index is 14.2. The highest BCUT2D eigenvalue weighted by molar-refractivity contribution is 6.31. The Labute approximate surface area is 170 Å². The molecule has 1 atom stereocenters. The Balaban J connectivity index is 2.32. The molecule has 0 fully saturated rings. The minimum absolute atomic E-state index is 0.0497. The Morgan fingerprint density at radius 1 is 1.11 bits per heavy atom. The summed E-state index contributed by atoms with van der Waals surface area (Å²) in [7, 11) is 0. The number of rotatable bonds is 7. The molecule has 1 unspecified atom stereocenters. The van der Waals surface area contributed by atoms with Gasteiger partial charge in [0.25, 0.3) is 0 Å². The van der Waals surface area contributed by atoms with Gasteiger partial charge in [-0.15, -0.1) is 0 Å². The predicted molar refractivity (Wildman–Crippen MR) is 110 cm³/mol. The monoisotopic (exact) mass is 404 g/mol. The van der Waals surface area contributed by atoms with Crippen LogP contribution < -0.4 is 5.32 Å². The van der Waals surface area contributed by atoms with Crippen LogP contribution in [-0.4, -0.2) is 28.8 Å². The summed E-state index contributed by atoms with van der Waals surface area (Å²) in [5.74, 6) is -1.14. The summed E-state index contributed by atoms with van der Waals surface area (Å²) >= 11 is 6.08. The van der Waals surface area contributed by atoms with Crippen molar-refractivity contribution in [3.8, 4) is 0 Å². The molecule has 28 heavy (non-hydrogen) atoms. The molecule has 0 heterocycles. The SMILES string of the molecule is Cc1ccccc1CN(C(=O)Cc1c(F)cccc1Cl)C(C)C(=O)NC(C)C. The van der Waals surface area contributed by atoms with Gasteiger partial charge in [0.15, 0.2) is 0 Å². The fraction of sp³-hybridized carbons (Fsp3) is 0.364. The Bertz CT molecular complexity index is 834. The molecule has 2 aromatic rings. The zero-order chi connectivity index (χ0) is 20.8. The second-order valence-corrected chi connectivity index (χ2v) is 7.57. The van der Waals surface area contributed by atoms with E-state index in [1.807, 2.05) is 45.0 Å². The molecule has 6 heteroatoms. The third-order valence-electron chi connectivity index (χ3n) is 4.59. The minimum atomic E-state index is -0.708. The van der Waals surface area contributed by atoms with Gasteiger partial charge in [-0.3, -0.25) is 9.59 Å². The van der Waals surface area contributed by atoms with E-state index in [0.29, 0.717) is 0 Å². The van der Waals surface area contributed by atoms with Crippen LogP contribution in [0.3, 0.4) is 0 Å². The van der Waals surface area contributed by atoms with Crippen molar-refractivity contribution in [2.24, 2.45) is 0 Å². The number of halogens is 2. The Morgan fingerprint density at radius 3 is 2.39 bits per heavy atom. The average Bonchev–Trinajstić information content (AvgIpc) is 2.63. The number of carbonyl (C=O) groups excluding carboxylic acids is 2. The first-order valence-electron chi connectivity index (χ1n) is 9.28. The molecule has 0 spiro atoms. The maximum absolute atomic E-state index is 14.2. The van der Waals surface area contributed by atoms with Crippen LogP contribution in [0.15, 0.2) is 42.5 Å². The first-order valence-corrected chi connectivity index (χ1v) is 9.65. The van der Waals surface area contributed by atoms with E-state index in [4.69, 9.17) is 11.6 Å². The van der Waals surface area contributed by atoms with Crippen LogP contribution in [0.5, 0.6) is 0 Å². The largest absolute Gasteiger partial charge is 0.352 e. The van der Waals surface area contributed by atoms with Gasteiger partial charge in [-0.05, 0) is 51.0 Å². The van der Waals surface area contributed by atoms with E-state index in [9.17, 15) is 14.0 Å². The fourth-order valence-electron chi connectivity index (χ4n) is 2.91. The predicted octanol–water partition coefficient (Wildman–Crippen LogP) is 4.27. The number of nitrogens with one attached hydrogen (secondary N) is 1. The minimum Gasteiger partial charge on any atom is -0.352 e. The van der Waals surface area contributed by atoms with Crippen LogP contribution in [0, 0.1) is 12.7 Å². The molecule has 0 saturated heterocycles. The molecule has 150 valence electrons. The van der Waals surface area contributed by atoms with Crippen LogP contribution in [0.25, 0.3) is 0 Å². The molecule has 0 saturated carbocycles. The van der Waals surface area contributed by atoms with E-state index in [-0.39, 0.29) is 41.4 Å². The number of hydrogen-bond donors (Lipinski definition) is 1. The van der Waals surface area contributed by atoms with Crippen molar-refractivity contribution < 1.29 is 14.0 Å². The van der Waals surface area contributed by atoms with E-state index in [1.54, 1.807) is 13.0 Å². The number of amides is 2. The molecule has 0 bridgehead atoms. The Hall–Kier alpha value is -2.40.